The standard InChI is InChI=1S/C27H33N7O2S/c1-19-5-10-25(32(3)37(4,35)36)22(15-19)18-34-13-11-21-16-29-27(31-26(21)34)30-23-6-8-24(9-7-23)33-14-12-28-20(2)17-33/h5-11,13,15-16,20,28H,12,14,17-18H2,1-4H3,(H,29,30,31). The van der Waals surface area contributed by atoms with Crippen LogP contribution in [0.15, 0.2) is 60.9 Å². The highest BCUT2D eigenvalue weighted by Crippen LogP contribution is 2.26. The van der Waals surface area contributed by atoms with Crippen LogP contribution in [0, 0.1) is 6.92 Å². The highest BCUT2D eigenvalue weighted by atomic mass is 32.2. The highest BCUT2D eigenvalue weighted by Gasteiger charge is 2.18. The SMILES string of the molecule is Cc1ccc(N(C)S(C)(=O)=O)c(Cn2ccc3cnc(Nc4ccc(N5CCNC(C)C5)cc4)nc32)c1. The molecule has 5 rings (SSSR count). The van der Waals surface area contributed by atoms with E-state index in [1.54, 1.807) is 13.2 Å². The van der Waals surface area contributed by atoms with Gasteiger partial charge in [-0.15, -0.1) is 0 Å². The minimum absolute atomic E-state index is 0.477. The molecule has 9 nitrogen and oxygen atoms in total. The Balaban J connectivity index is 1.38. The molecule has 3 heterocycles. The van der Waals surface area contributed by atoms with E-state index < -0.39 is 10.0 Å². The van der Waals surface area contributed by atoms with Gasteiger partial charge in [0, 0.05) is 61.9 Å². The second-order valence-electron chi connectivity index (χ2n) is 9.75. The molecule has 1 saturated heterocycles. The van der Waals surface area contributed by atoms with Crippen molar-refractivity contribution in [3.8, 4) is 0 Å². The zero-order chi connectivity index (χ0) is 26.2. The molecule has 4 aromatic rings. The zero-order valence-corrected chi connectivity index (χ0v) is 22.5. The number of hydrogen-bond acceptors (Lipinski definition) is 7. The zero-order valence-electron chi connectivity index (χ0n) is 21.6. The lowest BCUT2D eigenvalue weighted by molar-refractivity contribution is 0.485. The van der Waals surface area contributed by atoms with E-state index in [1.165, 1.54) is 16.2 Å². The van der Waals surface area contributed by atoms with Crippen LogP contribution in [0.4, 0.5) is 23.0 Å². The highest BCUT2D eigenvalue weighted by molar-refractivity contribution is 7.92. The lowest BCUT2D eigenvalue weighted by atomic mass is 10.1. The molecule has 1 atom stereocenters. The fourth-order valence-electron chi connectivity index (χ4n) is 4.72. The summed E-state index contributed by atoms with van der Waals surface area (Å²) in [6.07, 6.45) is 4.97. The minimum Gasteiger partial charge on any atom is -0.369 e. The van der Waals surface area contributed by atoms with Crippen LogP contribution in [0.3, 0.4) is 0 Å². The molecule has 1 aliphatic heterocycles. The lowest BCUT2D eigenvalue weighted by Crippen LogP contribution is -2.49. The van der Waals surface area contributed by atoms with Gasteiger partial charge in [0.25, 0.3) is 0 Å². The summed E-state index contributed by atoms with van der Waals surface area (Å²) in [5.41, 5.74) is 5.51. The molecule has 0 radical (unpaired) electrons. The monoisotopic (exact) mass is 519 g/mol. The van der Waals surface area contributed by atoms with Crippen LogP contribution in [0.25, 0.3) is 11.0 Å². The van der Waals surface area contributed by atoms with E-state index in [9.17, 15) is 8.42 Å². The van der Waals surface area contributed by atoms with E-state index in [-0.39, 0.29) is 0 Å². The van der Waals surface area contributed by atoms with Crippen molar-refractivity contribution < 1.29 is 8.42 Å². The topological polar surface area (TPSA) is 95.4 Å². The summed E-state index contributed by atoms with van der Waals surface area (Å²) < 4.78 is 27.8. The Morgan fingerprint density at radius 2 is 1.95 bits per heavy atom. The average molecular weight is 520 g/mol. The largest absolute Gasteiger partial charge is 0.369 e. The molecule has 2 aromatic carbocycles. The maximum absolute atomic E-state index is 12.2. The number of sulfonamides is 1. The summed E-state index contributed by atoms with van der Waals surface area (Å²) in [7, 11) is -1.81. The Morgan fingerprint density at radius 3 is 2.68 bits per heavy atom. The van der Waals surface area contributed by atoms with Gasteiger partial charge in [0.05, 0.1) is 18.5 Å². The Bertz CT molecular complexity index is 1520. The maximum atomic E-state index is 12.2. The number of rotatable bonds is 7. The quantitative estimate of drug-likeness (QED) is 0.384. The van der Waals surface area contributed by atoms with Gasteiger partial charge < -0.3 is 20.1 Å². The second kappa shape index (κ2) is 10.0. The van der Waals surface area contributed by atoms with Crippen molar-refractivity contribution in [2.24, 2.45) is 0 Å². The number of piperazine rings is 1. The van der Waals surface area contributed by atoms with Crippen molar-refractivity contribution in [3.63, 3.8) is 0 Å². The van der Waals surface area contributed by atoms with Gasteiger partial charge in [-0.1, -0.05) is 17.7 Å². The first-order valence-electron chi connectivity index (χ1n) is 12.4. The molecule has 37 heavy (non-hydrogen) atoms. The van der Waals surface area contributed by atoms with E-state index in [2.05, 4.69) is 51.7 Å². The van der Waals surface area contributed by atoms with Crippen molar-refractivity contribution in [3.05, 3.63) is 72.1 Å². The Labute approximate surface area is 218 Å². The molecule has 0 amide bonds. The van der Waals surface area contributed by atoms with Crippen LogP contribution in [-0.2, 0) is 16.6 Å². The normalized spacial score (nSPS) is 16.2. The fourth-order valence-corrected chi connectivity index (χ4v) is 5.26. The molecular weight excluding hydrogens is 486 g/mol. The van der Waals surface area contributed by atoms with Gasteiger partial charge in [-0.2, -0.15) is 4.98 Å². The van der Waals surface area contributed by atoms with E-state index in [1.807, 2.05) is 42.0 Å². The minimum atomic E-state index is -3.38. The van der Waals surface area contributed by atoms with Crippen LogP contribution in [0.2, 0.25) is 0 Å². The van der Waals surface area contributed by atoms with Gasteiger partial charge in [0.15, 0.2) is 0 Å². The number of fused-ring (bicyclic) bond motifs is 1. The third kappa shape index (κ3) is 5.55. The van der Waals surface area contributed by atoms with E-state index in [0.29, 0.717) is 24.2 Å². The molecule has 10 heteroatoms. The molecule has 0 saturated carbocycles. The van der Waals surface area contributed by atoms with Crippen molar-refractivity contribution >= 4 is 44.1 Å². The molecule has 0 spiro atoms. The number of aryl methyl sites for hydroxylation is 1. The van der Waals surface area contributed by atoms with E-state index >= 15 is 0 Å². The average Bonchev–Trinajstić information content (AvgIpc) is 3.25. The third-order valence-electron chi connectivity index (χ3n) is 6.77. The van der Waals surface area contributed by atoms with Gasteiger partial charge in [-0.3, -0.25) is 4.31 Å². The molecule has 0 aliphatic carbocycles. The Morgan fingerprint density at radius 1 is 1.16 bits per heavy atom. The molecule has 1 fully saturated rings. The van der Waals surface area contributed by atoms with Gasteiger partial charge in [0.2, 0.25) is 16.0 Å². The van der Waals surface area contributed by atoms with Gasteiger partial charge in [-0.25, -0.2) is 13.4 Å². The summed E-state index contributed by atoms with van der Waals surface area (Å²) in [6.45, 7) is 7.66. The lowest BCUT2D eigenvalue weighted by Gasteiger charge is -2.33. The summed E-state index contributed by atoms with van der Waals surface area (Å²) in [5.74, 6) is 0.508. The molecular formula is C27H33N7O2S. The maximum Gasteiger partial charge on any atom is 0.232 e. The Kier molecular flexibility index (Phi) is 6.78. The van der Waals surface area contributed by atoms with Crippen LogP contribution < -0.4 is 19.8 Å². The summed E-state index contributed by atoms with van der Waals surface area (Å²) in [4.78, 5) is 11.7. The summed E-state index contributed by atoms with van der Waals surface area (Å²) in [6, 6.07) is 16.6. The number of hydrogen-bond donors (Lipinski definition) is 2. The van der Waals surface area contributed by atoms with Crippen LogP contribution in [-0.4, -0.2) is 61.9 Å². The first kappa shape index (κ1) is 25.0. The van der Waals surface area contributed by atoms with Crippen molar-refractivity contribution in [1.82, 2.24) is 19.9 Å². The molecule has 0 bridgehead atoms. The van der Waals surface area contributed by atoms with E-state index in [4.69, 9.17) is 4.98 Å². The predicted octanol–water partition coefficient (Wildman–Crippen LogP) is 3.73. The molecule has 1 unspecified atom stereocenters. The number of anilines is 4. The van der Waals surface area contributed by atoms with Crippen molar-refractivity contribution in [2.45, 2.75) is 26.4 Å². The number of nitrogens with zero attached hydrogens (tertiary/aromatic N) is 5. The van der Waals surface area contributed by atoms with Crippen molar-refractivity contribution in [1.29, 1.82) is 0 Å². The fraction of sp³-hybridized carbons (Fsp3) is 0.333. The van der Waals surface area contributed by atoms with Crippen LogP contribution in [0.5, 0.6) is 0 Å². The molecule has 194 valence electrons. The number of benzene rings is 2. The van der Waals surface area contributed by atoms with E-state index in [0.717, 1.165) is 47.5 Å². The number of nitrogens with one attached hydrogen (secondary N) is 2. The van der Waals surface area contributed by atoms with Gasteiger partial charge in [-0.05, 0) is 55.8 Å². The summed E-state index contributed by atoms with van der Waals surface area (Å²) in [5, 5.41) is 7.71. The molecule has 1 aliphatic rings. The van der Waals surface area contributed by atoms with Gasteiger partial charge in [0.1, 0.15) is 5.65 Å². The third-order valence-corrected chi connectivity index (χ3v) is 7.96. The predicted molar refractivity (Wildman–Crippen MR) is 150 cm³/mol. The van der Waals surface area contributed by atoms with Crippen molar-refractivity contribution in [2.75, 3.05) is 47.5 Å². The Hall–Kier alpha value is -3.63. The van der Waals surface area contributed by atoms with Crippen LogP contribution >= 0.6 is 0 Å². The van der Waals surface area contributed by atoms with Gasteiger partial charge >= 0.3 is 0 Å². The smallest absolute Gasteiger partial charge is 0.232 e. The number of aromatic nitrogens is 3. The molecule has 2 N–H and O–H groups in total. The first-order valence-corrected chi connectivity index (χ1v) is 14.2. The molecule has 2 aromatic heterocycles. The first-order chi connectivity index (χ1) is 17.7. The summed E-state index contributed by atoms with van der Waals surface area (Å²) >= 11 is 0. The second-order valence-corrected chi connectivity index (χ2v) is 11.8. The van der Waals surface area contributed by atoms with Crippen LogP contribution in [0.1, 0.15) is 18.1 Å².